The fourth-order valence-corrected chi connectivity index (χ4v) is 3.99. The van der Waals surface area contributed by atoms with E-state index in [-0.39, 0.29) is 5.91 Å². The zero-order chi connectivity index (χ0) is 20.1. The smallest absolute Gasteiger partial charge is 0.255 e. The van der Waals surface area contributed by atoms with Crippen LogP contribution in [0.5, 0.6) is 0 Å². The topological polar surface area (TPSA) is 50.2 Å². The van der Waals surface area contributed by atoms with Crippen LogP contribution in [0, 0.1) is 6.92 Å². The van der Waals surface area contributed by atoms with Crippen LogP contribution in [0.2, 0.25) is 0 Å². The zero-order valence-corrected chi connectivity index (χ0v) is 17.0. The molecule has 5 nitrogen and oxygen atoms in total. The maximum atomic E-state index is 13.2. The normalized spacial score (nSPS) is 14.7. The van der Waals surface area contributed by atoms with E-state index < -0.39 is 0 Å². The van der Waals surface area contributed by atoms with E-state index in [9.17, 15) is 4.79 Å². The Morgan fingerprint density at radius 3 is 2.31 bits per heavy atom. The van der Waals surface area contributed by atoms with Gasteiger partial charge in [0.15, 0.2) is 0 Å². The standard InChI is InChI=1S/C24H28N4O/c1-19-22(24(29)25-15-18-27-16-9-4-10-17-27)23(20-11-5-2-6-12-20)26-28(19)21-13-7-3-8-14-21/h2-3,5-8,11-14H,4,9-10,15-18H2,1H3,(H,25,29). The van der Waals surface area contributed by atoms with Gasteiger partial charge >= 0.3 is 0 Å². The van der Waals surface area contributed by atoms with Crippen molar-refractivity contribution in [3.63, 3.8) is 0 Å². The molecule has 29 heavy (non-hydrogen) atoms. The summed E-state index contributed by atoms with van der Waals surface area (Å²) in [6, 6.07) is 19.9. The molecule has 0 spiro atoms. The average molecular weight is 389 g/mol. The van der Waals surface area contributed by atoms with E-state index in [1.54, 1.807) is 0 Å². The van der Waals surface area contributed by atoms with Crippen LogP contribution in [0.1, 0.15) is 35.3 Å². The molecule has 2 aromatic carbocycles. The number of benzene rings is 2. The highest BCUT2D eigenvalue weighted by molar-refractivity contribution is 6.01. The van der Waals surface area contributed by atoms with Crippen LogP contribution < -0.4 is 5.32 Å². The molecule has 0 aliphatic carbocycles. The summed E-state index contributed by atoms with van der Waals surface area (Å²) in [6.07, 6.45) is 3.84. The van der Waals surface area contributed by atoms with Crippen molar-refractivity contribution in [3.8, 4) is 16.9 Å². The minimum absolute atomic E-state index is 0.0551. The Labute approximate surface area is 172 Å². The van der Waals surface area contributed by atoms with Gasteiger partial charge in [-0.1, -0.05) is 55.0 Å². The van der Waals surface area contributed by atoms with Crippen LogP contribution in [-0.4, -0.2) is 46.8 Å². The predicted octanol–water partition coefficient (Wildman–Crippen LogP) is 4.06. The highest BCUT2D eigenvalue weighted by Crippen LogP contribution is 2.27. The van der Waals surface area contributed by atoms with Gasteiger partial charge in [0.25, 0.3) is 5.91 Å². The van der Waals surface area contributed by atoms with Crippen molar-refractivity contribution >= 4 is 5.91 Å². The summed E-state index contributed by atoms with van der Waals surface area (Å²) in [5.74, 6) is -0.0551. The van der Waals surface area contributed by atoms with Crippen molar-refractivity contribution in [3.05, 3.63) is 71.9 Å². The van der Waals surface area contributed by atoms with E-state index in [1.807, 2.05) is 72.3 Å². The molecular formula is C24H28N4O. The Hall–Kier alpha value is -2.92. The maximum Gasteiger partial charge on any atom is 0.255 e. The van der Waals surface area contributed by atoms with Gasteiger partial charge in [0.05, 0.1) is 16.9 Å². The number of amides is 1. The Bertz CT molecular complexity index is 944. The van der Waals surface area contributed by atoms with Crippen LogP contribution in [0.4, 0.5) is 0 Å². The SMILES string of the molecule is Cc1c(C(=O)NCCN2CCCCC2)c(-c2ccccc2)nn1-c1ccccc1. The third-order valence-electron chi connectivity index (χ3n) is 5.55. The molecule has 1 aliphatic heterocycles. The second-order valence-corrected chi connectivity index (χ2v) is 7.58. The van der Waals surface area contributed by atoms with Crippen LogP contribution in [-0.2, 0) is 0 Å². The van der Waals surface area contributed by atoms with E-state index in [4.69, 9.17) is 5.10 Å². The first kappa shape index (κ1) is 19.4. The maximum absolute atomic E-state index is 13.2. The molecule has 4 rings (SSSR count). The van der Waals surface area contributed by atoms with Crippen LogP contribution in [0.3, 0.4) is 0 Å². The van der Waals surface area contributed by atoms with Gasteiger partial charge in [0, 0.05) is 18.7 Å². The van der Waals surface area contributed by atoms with Gasteiger partial charge in [-0.15, -0.1) is 0 Å². The highest BCUT2D eigenvalue weighted by atomic mass is 16.1. The monoisotopic (exact) mass is 388 g/mol. The number of nitrogens with one attached hydrogen (secondary N) is 1. The van der Waals surface area contributed by atoms with Crippen molar-refractivity contribution in [2.24, 2.45) is 0 Å². The molecule has 3 aromatic rings. The van der Waals surface area contributed by atoms with Crippen molar-refractivity contribution in [1.29, 1.82) is 0 Å². The van der Waals surface area contributed by atoms with Gasteiger partial charge in [0.1, 0.15) is 5.69 Å². The van der Waals surface area contributed by atoms with Gasteiger partial charge in [-0.2, -0.15) is 5.10 Å². The lowest BCUT2D eigenvalue weighted by molar-refractivity contribution is 0.0946. The van der Waals surface area contributed by atoms with Gasteiger partial charge in [-0.3, -0.25) is 4.79 Å². The van der Waals surface area contributed by atoms with E-state index in [2.05, 4.69) is 10.2 Å². The lowest BCUT2D eigenvalue weighted by Gasteiger charge is -2.26. The molecule has 0 atom stereocenters. The summed E-state index contributed by atoms with van der Waals surface area (Å²) in [5.41, 5.74) is 4.13. The van der Waals surface area contributed by atoms with E-state index >= 15 is 0 Å². The van der Waals surface area contributed by atoms with Crippen molar-refractivity contribution in [2.75, 3.05) is 26.2 Å². The number of aromatic nitrogens is 2. The molecule has 1 saturated heterocycles. The molecule has 2 heterocycles. The van der Waals surface area contributed by atoms with E-state index in [0.717, 1.165) is 42.3 Å². The number of hydrogen-bond acceptors (Lipinski definition) is 3. The third kappa shape index (κ3) is 4.40. The summed E-state index contributed by atoms with van der Waals surface area (Å²) < 4.78 is 1.86. The number of rotatable bonds is 6. The number of nitrogens with zero attached hydrogens (tertiary/aromatic N) is 3. The molecule has 0 unspecified atom stereocenters. The summed E-state index contributed by atoms with van der Waals surface area (Å²) >= 11 is 0. The number of carbonyl (C=O) groups is 1. The molecule has 1 aromatic heterocycles. The summed E-state index contributed by atoms with van der Waals surface area (Å²) in [7, 11) is 0. The van der Waals surface area contributed by atoms with E-state index in [0.29, 0.717) is 12.1 Å². The van der Waals surface area contributed by atoms with Gasteiger partial charge < -0.3 is 10.2 Å². The molecule has 5 heteroatoms. The second kappa shape index (κ2) is 9.05. The number of hydrogen-bond donors (Lipinski definition) is 1. The van der Waals surface area contributed by atoms with Crippen LogP contribution in [0.25, 0.3) is 16.9 Å². The lowest BCUT2D eigenvalue weighted by atomic mass is 10.1. The first-order valence-corrected chi connectivity index (χ1v) is 10.4. The summed E-state index contributed by atoms with van der Waals surface area (Å²) in [5, 5.41) is 7.94. The molecule has 1 N–H and O–H groups in total. The zero-order valence-electron chi connectivity index (χ0n) is 17.0. The number of likely N-dealkylation sites (tertiary alicyclic amines) is 1. The van der Waals surface area contributed by atoms with Gasteiger partial charge in [0.2, 0.25) is 0 Å². The average Bonchev–Trinajstić information content (AvgIpc) is 3.13. The minimum atomic E-state index is -0.0551. The lowest BCUT2D eigenvalue weighted by Crippen LogP contribution is -2.37. The number of carbonyl (C=O) groups excluding carboxylic acids is 1. The van der Waals surface area contributed by atoms with Crippen LogP contribution in [0.15, 0.2) is 60.7 Å². The highest BCUT2D eigenvalue weighted by Gasteiger charge is 2.23. The molecular weight excluding hydrogens is 360 g/mol. The largest absolute Gasteiger partial charge is 0.351 e. The first-order valence-electron chi connectivity index (χ1n) is 10.4. The van der Waals surface area contributed by atoms with Gasteiger partial charge in [-0.25, -0.2) is 4.68 Å². The third-order valence-corrected chi connectivity index (χ3v) is 5.55. The fourth-order valence-electron chi connectivity index (χ4n) is 3.99. The van der Waals surface area contributed by atoms with Crippen molar-refractivity contribution < 1.29 is 4.79 Å². The number of piperidine rings is 1. The van der Waals surface area contributed by atoms with Gasteiger partial charge in [-0.05, 0) is 45.0 Å². The Morgan fingerprint density at radius 2 is 1.62 bits per heavy atom. The Balaban J connectivity index is 1.60. The molecule has 1 fully saturated rings. The molecule has 0 radical (unpaired) electrons. The quantitative estimate of drug-likeness (QED) is 0.693. The van der Waals surface area contributed by atoms with Crippen molar-refractivity contribution in [2.45, 2.75) is 26.2 Å². The Morgan fingerprint density at radius 1 is 0.966 bits per heavy atom. The molecule has 1 aliphatic rings. The second-order valence-electron chi connectivity index (χ2n) is 7.58. The van der Waals surface area contributed by atoms with E-state index in [1.165, 1.54) is 19.3 Å². The summed E-state index contributed by atoms with van der Waals surface area (Å²) in [4.78, 5) is 15.6. The molecule has 0 bridgehead atoms. The number of para-hydroxylation sites is 1. The Kier molecular flexibility index (Phi) is 6.06. The van der Waals surface area contributed by atoms with Crippen LogP contribution >= 0.6 is 0 Å². The summed E-state index contributed by atoms with van der Waals surface area (Å²) in [6.45, 7) is 5.79. The molecule has 150 valence electrons. The molecule has 0 saturated carbocycles. The van der Waals surface area contributed by atoms with Crippen molar-refractivity contribution in [1.82, 2.24) is 20.0 Å². The fraction of sp³-hybridized carbons (Fsp3) is 0.333. The first-order chi connectivity index (χ1) is 14.2. The molecule has 1 amide bonds. The predicted molar refractivity (Wildman–Crippen MR) is 116 cm³/mol. The minimum Gasteiger partial charge on any atom is -0.351 e.